The topological polar surface area (TPSA) is 38.9 Å². The summed E-state index contributed by atoms with van der Waals surface area (Å²) in [6, 6.07) is 4.40. The third-order valence-electron chi connectivity index (χ3n) is 1.82. The molecule has 2 nitrogen and oxygen atoms in total. The number of nitrogen functional groups attached to an aromatic ring is 1. The van der Waals surface area contributed by atoms with Gasteiger partial charge in [0, 0.05) is 11.6 Å². The second-order valence-corrected chi connectivity index (χ2v) is 3.84. The van der Waals surface area contributed by atoms with E-state index >= 15 is 0 Å². The zero-order valence-corrected chi connectivity index (χ0v) is 8.75. The van der Waals surface area contributed by atoms with Gasteiger partial charge in [-0.05, 0) is 40.8 Å². The molecule has 2 aromatic rings. The third kappa shape index (κ3) is 1.46. The number of aromatic nitrogens is 1. The largest absolute Gasteiger partial charge is 0.397 e. The maximum absolute atomic E-state index is 12.9. The Morgan fingerprint density at radius 2 is 2.15 bits per heavy atom. The summed E-state index contributed by atoms with van der Waals surface area (Å²) in [5.74, 6) is -0.289. The highest BCUT2D eigenvalue weighted by molar-refractivity contribution is 14.1. The molecule has 1 heterocycles. The van der Waals surface area contributed by atoms with Gasteiger partial charge in [-0.25, -0.2) is 4.39 Å². The molecule has 0 aliphatic rings. The first-order valence-electron chi connectivity index (χ1n) is 3.68. The van der Waals surface area contributed by atoms with Crippen molar-refractivity contribution in [2.75, 3.05) is 5.73 Å². The number of hydrogen-bond acceptors (Lipinski definition) is 2. The standard InChI is InChI=1S/C9H6FIN2/c10-5-1-2-8-6(3-5)9(12)7(11)4-13-8/h1-4H,(H2,12,13). The van der Waals surface area contributed by atoms with Gasteiger partial charge in [-0.15, -0.1) is 0 Å². The molecule has 2 N–H and O–H groups in total. The van der Waals surface area contributed by atoms with Crippen LogP contribution in [-0.2, 0) is 0 Å². The van der Waals surface area contributed by atoms with E-state index in [0.717, 1.165) is 9.09 Å². The van der Waals surface area contributed by atoms with Gasteiger partial charge in [0.25, 0.3) is 0 Å². The highest BCUT2D eigenvalue weighted by Crippen LogP contribution is 2.24. The van der Waals surface area contributed by atoms with Crippen molar-refractivity contribution < 1.29 is 4.39 Å². The zero-order chi connectivity index (χ0) is 9.42. The summed E-state index contributed by atoms with van der Waals surface area (Å²) in [5, 5.41) is 0.673. The van der Waals surface area contributed by atoms with Gasteiger partial charge in [0.15, 0.2) is 0 Å². The van der Waals surface area contributed by atoms with Crippen LogP contribution in [0.5, 0.6) is 0 Å². The van der Waals surface area contributed by atoms with E-state index in [1.807, 2.05) is 0 Å². The van der Waals surface area contributed by atoms with E-state index in [1.165, 1.54) is 12.1 Å². The minimum Gasteiger partial charge on any atom is -0.397 e. The van der Waals surface area contributed by atoms with E-state index in [0.29, 0.717) is 11.1 Å². The van der Waals surface area contributed by atoms with Gasteiger partial charge in [0.05, 0.1) is 14.8 Å². The molecule has 0 radical (unpaired) electrons. The van der Waals surface area contributed by atoms with E-state index in [1.54, 1.807) is 12.3 Å². The monoisotopic (exact) mass is 288 g/mol. The number of anilines is 1. The highest BCUT2D eigenvalue weighted by atomic mass is 127. The lowest BCUT2D eigenvalue weighted by Crippen LogP contribution is -1.93. The lowest BCUT2D eigenvalue weighted by molar-refractivity contribution is 0.629. The normalized spacial score (nSPS) is 10.6. The first-order chi connectivity index (χ1) is 6.18. The molecule has 0 unspecified atom stereocenters. The van der Waals surface area contributed by atoms with Crippen LogP contribution in [0.3, 0.4) is 0 Å². The fourth-order valence-corrected chi connectivity index (χ4v) is 1.59. The van der Waals surface area contributed by atoms with Gasteiger partial charge in [-0.1, -0.05) is 0 Å². The average Bonchev–Trinajstić information content (AvgIpc) is 2.12. The Kier molecular flexibility index (Phi) is 2.07. The predicted octanol–water partition coefficient (Wildman–Crippen LogP) is 2.56. The van der Waals surface area contributed by atoms with Crippen LogP contribution in [0.15, 0.2) is 24.4 Å². The van der Waals surface area contributed by atoms with Crippen LogP contribution in [0, 0.1) is 9.39 Å². The van der Waals surface area contributed by atoms with Crippen LogP contribution in [0.25, 0.3) is 10.9 Å². The molecule has 4 heteroatoms. The number of halogens is 2. The number of benzene rings is 1. The highest BCUT2D eigenvalue weighted by Gasteiger charge is 2.03. The van der Waals surface area contributed by atoms with Crippen molar-refractivity contribution in [3.05, 3.63) is 33.8 Å². The fraction of sp³-hybridized carbons (Fsp3) is 0. The zero-order valence-electron chi connectivity index (χ0n) is 6.59. The molecule has 13 heavy (non-hydrogen) atoms. The van der Waals surface area contributed by atoms with E-state index in [4.69, 9.17) is 5.73 Å². The molecule has 0 bridgehead atoms. The molecule has 0 aliphatic carbocycles. The molecule has 0 aliphatic heterocycles. The van der Waals surface area contributed by atoms with Crippen LogP contribution in [0.2, 0.25) is 0 Å². The number of fused-ring (bicyclic) bond motifs is 1. The quantitative estimate of drug-likeness (QED) is 0.757. The van der Waals surface area contributed by atoms with Gasteiger partial charge < -0.3 is 5.73 Å². The Morgan fingerprint density at radius 3 is 2.92 bits per heavy atom. The van der Waals surface area contributed by atoms with Gasteiger partial charge in [0.1, 0.15) is 5.82 Å². The molecule has 2 rings (SSSR count). The SMILES string of the molecule is Nc1c(I)cnc2ccc(F)cc12. The van der Waals surface area contributed by atoms with E-state index in [9.17, 15) is 4.39 Å². The smallest absolute Gasteiger partial charge is 0.124 e. The van der Waals surface area contributed by atoms with Crippen molar-refractivity contribution in [3.63, 3.8) is 0 Å². The van der Waals surface area contributed by atoms with Crippen molar-refractivity contribution in [2.45, 2.75) is 0 Å². The first kappa shape index (κ1) is 8.68. The van der Waals surface area contributed by atoms with Crippen molar-refractivity contribution in [1.82, 2.24) is 4.98 Å². The third-order valence-corrected chi connectivity index (χ3v) is 2.68. The number of nitrogens with zero attached hydrogens (tertiary/aromatic N) is 1. The molecule has 0 saturated heterocycles. The lowest BCUT2D eigenvalue weighted by Gasteiger charge is -2.02. The molecular formula is C9H6FIN2. The Balaban J connectivity index is 2.89. The van der Waals surface area contributed by atoms with Gasteiger partial charge >= 0.3 is 0 Å². The van der Waals surface area contributed by atoms with E-state index in [2.05, 4.69) is 27.6 Å². The first-order valence-corrected chi connectivity index (χ1v) is 4.75. The second kappa shape index (κ2) is 3.10. The molecule has 0 fully saturated rings. The fourth-order valence-electron chi connectivity index (χ4n) is 1.16. The van der Waals surface area contributed by atoms with Crippen LogP contribution >= 0.6 is 22.6 Å². The maximum atomic E-state index is 12.9. The van der Waals surface area contributed by atoms with Gasteiger partial charge in [0.2, 0.25) is 0 Å². The number of hydrogen-bond donors (Lipinski definition) is 1. The predicted molar refractivity (Wildman–Crippen MR) is 58.8 cm³/mol. The van der Waals surface area contributed by atoms with Gasteiger partial charge in [-0.3, -0.25) is 4.98 Å². The Hall–Kier alpha value is -0.910. The van der Waals surface area contributed by atoms with E-state index in [-0.39, 0.29) is 5.82 Å². The minimum absolute atomic E-state index is 0.289. The van der Waals surface area contributed by atoms with Crippen molar-refractivity contribution in [3.8, 4) is 0 Å². The Labute approximate surface area is 88.1 Å². The summed E-state index contributed by atoms with van der Waals surface area (Å²) >= 11 is 2.07. The van der Waals surface area contributed by atoms with Gasteiger partial charge in [-0.2, -0.15) is 0 Å². The van der Waals surface area contributed by atoms with Crippen LogP contribution in [-0.4, -0.2) is 4.98 Å². The Morgan fingerprint density at radius 1 is 1.38 bits per heavy atom. The van der Waals surface area contributed by atoms with Crippen molar-refractivity contribution in [2.24, 2.45) is 0 Å². The number of nitrogens with two attached hydrogens (primary N) is 1. The summed E-state index contributed by atoms with van der Waals surface area (Å²) in [6.07, 6.45) is 1.68. The molecule has 0 amide bonds. The molecule has 66 valence electrons. The van der Waals surface area contributed by atoms with E-state index < -0.39 is 0 Å². The maximum Gasteiger partial charge on any atom is 0.124 e. The number of pyridine rings is 1. The molecule has 0 atom stereocenters. The van der Waals surface area contributed by atoms with Crippen molar-refractivity contribution >= 4 is 39.2 Å². The molecule has 0 spiro atoms. The lowest BCUT2D eigenvalue weighted by atomic mass is 10.2. The molecule has 0 saturated carbocycles. The minimum atomic E-state index is -0.289. The average molecular weight is 288 g/mol. The number of rotatable bonds is 0. The summed E-state index contributed by atoms with van der Waals surface area (Å²) < 4.78 is 13.7. The summed E-state index contributed by atoms with van der Waals surface area (Å²) in [6.45, 7) is 0. The van der Waals surface area contributed by atoms with Crippen LogP contribution < -0.4 is 5.73 Å². The Bertz CT molecular complexity index is 465. The second-order valence-electron chi connectivity index (χ2n) is 2.68. The van der Waals surface area contributed by atoms with Crippen molar-refractivity contribution in [1.29, 1.82) is 0 Å². The molecule has 1 aromatic heterocycles. The molecule has 1 aromatic carbocycles. The summed E-state index contributed by atoms with van der Waals surface area (Å²) in [5.41, 5.74) is 7.08. The summed E-state index contributed by atoms with van der Waals surface area (Å²) in [4.78, 5) is 4.13. The van der Waals surface area contributed by atoms with Crippen LogP contribution in [0.4, 0.5) is 10.1 Å². The summed E-state index contributed by atoms with van der Waals surface area (Å²) in [7, 11) is 0. The molecular weight excluding hydrogens is 282 g/mol. The van der Waals surface area contributed by atoms with Crippen LogP contribution in [0.1, 0.15) is 0 Å².